The fourth-order valence-electron chi connectivity index (χ4n) is 4.54. The molecule has 0 spiro atoms. The van der Waals surface area contributed by atoms with Gasteiger partial charge in [-0.15, -0.1) is 0 Å². The summed E-state index contributed by atoms with van der Waals surface area (Å²) in [6, 6.07) is 9.49. The van der Waals surface area contributed by atoms with Crippen molar-refractivity contribution in [3.63, 3.8) is 0 Å². The number of likely N-dealkylation sites (tertiary alicyclic amines) is 2. The van der Waals surface area contributed by atoms with Crippen LogP contribution in [-0.4, -0.2) is 57.1 Å². The first-order valence-electron chi connectivity index (χ1n) is 11.8. The fourth-order valence-corrected chi connectivity index (χ4v) is 4.54. The maximum absolute atomic E-state index is 13.0. The van der Waals surface area contributed by atoms with Crippen LogP contribution in [0, 0.1) is 6.92 Å². The number of rotatable bonds is 6. The molecular weight excluding hydrogens is 418 g/mol. The number of aryl methyl sites for hydroxylation is 1. The average Bonchev–Trinajstić information content (AvgIpc) is 3.23. The van der Waals surface area contributed by atoms with Gasteiger partial charge in [0, 0.05) is 32.3 Å². The molecule has 8 nitrogen and oxygen atoms in total. The van der Waals surface area contributed by atoms with Gasteiger partial charge in [0.15, 0.2) is 5.82 Å². The molecule has 0 bridgehead atoms. The third kappa shape index (κ3) is 5.56. The predicted octanol–water partition coefficient (Wildman–Crippen LogP) is 2.78. The maximum atomic E-state index is 13.0. The van der Waals surface area contributed by atoms with Crippen molar-refractivity contribution in [1.29, 1.82) is 0 Å². The zero-order valence-corrected chi connectivity index (χ0v) is 19.1. The monoisotopic (exact) mass is 449 g/mol. The Hall–Kier alpha value is -3.29. The number of amides is 3. The van der Waals surface area contributed by atoms with E-state index in [-0.39, 0.29) is 30.3 Å². The highest BCUT2D eigenvalue weighted by molar-refractivity contribution is 5.94. The van der Waals surface area contributed by atoms with Crippen LogP contribution >= 0.6 is 0 Å². The van der Waals surface area contributed by atoms with Crippen LogP contribution in [0.4, 0.5) is 0 Å². The Bertz CT molecular complexity index is 1010. The first-order valence-corrected chi connectivity index (χ1v) is 11.8. The molecule has 3 amide bonds. The SMILES string of the molecule is Cc1nc(C2CCCN2C(=O)CN2CCCCCC2=O)ncc1C(=O)NCc1ccccc1. The number of carbonyl (C=O) groups excluding carboxylic acids is 3. The Kier molecular flexibility index (Phi) is 7.32. The number of aromatic nitrogens is 2. The van der Waals surface area contributed by atoms with Crippen LogP contribution in [0.1, 0.15) is 72.0 Å². The van der Waals surface area contributed by atoms with Crippen LogP contribution in [0.2, 0.25) is 0 Å². The van der Waals surface area contributed by atoms with Gasteiger partial charge < -0.3 is 15.1 Å². The molecule has 8 heteroatoms. The second-order valence-electron chi connectivity index (χ2n) is 8.77. The zero-order valence-electron chi connectivity index (χ0n) is 19.1. The normalized spacial score (nSPS) is 18.8. The summed E-state index contributed by atoms with van der Waals surface area (Å²) >= 11 is 0. The van der Waals surface area contributed by atoms with E-state index in [2.05, 4.69) is 15.3 Å². The van der Waals surface area contributed by atoms with Crippen LogP contribution in [0.3, 0.4) is 0 Å². The van der Waals surface area contributed by atoms with Gasteiger partial charge >= 0.3 is 0 Å². The minimum absolute atomic E-state index is 0.0568. The molecule has 174 valence electrons. The van der Waals surface area contributed by atoms with Gasteiger partial charge in [0.2, 0.25) is 11.8 Å². The Morgan fingerprint density at radius 2 is 1.91 bits per heavy atom. The summed E-state index contributed by atoms with van der Waals surface area (Å²) in [6.07, 6.45) is 6.59. The lowest BCUT2D eigenvalue weighted by molar-refractivity contribution is -0.140. The molecule has 4 rings (SSSR count). The first-order chi connectivity index (χ1) is 16.0. The second-order valence-corrected chi connectivity index (χ2v) is 8.77. The summed E-state index contributed by atoms with van der Waals surface area (Å²) in [5.41, 5.74) is 2.04. The highest BCUT2D eigenvalue weighted by Gasteiger charge is 2.33. The molecular formula is C25H31N5O3. The molecule has 2 fully saturated rings. The number of hydrogen-bond donors (Lipinski definition) is 1. The van der Waals surface area contributed by atoms with Gasteiger partial charge in [0.1, 0.15) is 0 Å². The molecule has 2 aliphatic heterocycles. The van der Waals surface area contributed by atoms with Crippen molar-refractivity contribution in [2.24, 2.45) is 0 Å². The Balaban J connectivity index is 1.41. The summed E-state index contributed by atoms with van der Waals surface area (Å²) in [6.45, 7) is 3.62. The van der Waals surface area contributed by atoms with E-state index in [4.69, 9.17) is 0 Å². The van der Waals surface area contributed by atoms with E-state index in [1.54, 1.807) is 22.9 Å². The topological polar surface area (TPSA) is 95.5 Å². The largest absolute Gasteiger partial charge is 0.348 e. The van der Waals surface area contributed by atoms with Crippen molar-refractivity contribution in [2.75, 3.05) is 19.6 Å². The minimum atomic E-state index is -0.222. The van der Waals surface area contributed by atoms with Crippen molar-refractivity contribution < 1.29 is 14.4 Å². The molecule has 33 heavy (non-hydrogen) atoms. The molecule has 1 unspecified atom stereocenters. The number of nitrogens with one attached hydrogen (secondary N) is 1. The van der Waals surface area contributed by atoms with E-state index in [1.807, 2.05) is 30.3 Å². The van der Waals surface area contributed by atoms with Gasteiger partial charge in [0.25, 0.3) is 5.91 Å². The highest BCUT2D eigenvalue weighted by Crippen LogP contribution is 2.30. The van der Waals surface area contributed by atoms with Gasteiger partial charge in [-0.05, 0) is 38.2 Å². The molecule has 0 aliphatic carbocycles. The summed E-state index contributed by atoms with van der Waals surface area (Å²) in [4.78, 5) is 50.5. The Morgan fingerprint density at radius 3 is 2.70 bits per heavy atom. The number of carbonyl (C=O) groups is 3. The van der Waals surface area contributed by atoms with Gasteiger partial charge in [-0.1, -0.05) is 36.8 Å². The molecule has 1 aromatic heterocycles. The van der Waals surface area contributed by atoms with E-state index >= 15 is 0 Å². The van der Waals surface area contributed by atoms with Gasteiger partial charge in [-0.2, -0.15) is 0 Å². The highest BCUT2D eigenvalue weighted by atomic mass is 16.2. The summed E-state index contributed by atoms with van der Waals surface area (Å²) < 4.78 is 0. The molecule has 0 radical (unpaired) electrons. The van der Waals surface area contributed by atoms with Crippen molar-refractivity contribution >= 4 is 17.7 Å². The molecule has 1 aromatic carbocycles. The van der Waals surface area contributed by atoms with Crippen molar-refractivity contribution in [2.45, 2.75) is 58.0 Å². The average molecular weight is 450 g/mol. The summed E-state index contributed by atoms with van der Waals surface area (Å²) in [7, 11) is 0. The molecule has 2 saturated heterocycles. The van der Waals surface area contributed by atoms with Gasteiger partial charge in [-0.25, -0.2) is 9.97 Å². The third-order valence-corrected chi connectivity index (χ3v) is 6.41. The van der Waals surface area contributed by atoms with E-state index in [1.165, 1.54) is 0 Å². The van der Waals surface area contributed by atoms with Gasteiger partial charge in [-0.3, -0.25) is 14.4 Å². The number of nitrogens with zero attached hydrogens (tertiary/aromatic N) is 4. The minimum Gasteiger partial charge on any atom is -0.348 e. The van der Waals surface area contributed by atoms with Crippen molar-refractivity contribution in [3.05, 3.63) is 59.2 Å². The molecule has 2 aromatic rings. The molecule has 3 heterocycles. The summed E-state index contributed by atoms with van der Waals surface area (Å²) in [5, 5.41) is 2.91. The lowest BCUT2D eigenvalue weighted by atomic mass is 10.1. The Labute approximate surface area is 194 Å². The molecule has 1 atom stereocenters. The van der Waals surface area contributed by atoms with Crippen LogP contribution in [0.15, 0.2) is 36.5 Å². The van der Waals surface area contributed by atoms with E-state index in [0.717, 1.165) is 37.7 Å². The molecule has 2 aliphatic rings. The lowest BCUT2D eigenvalue weighted by Crippen LogP contribution is -2.42. The standard InChI is InChI=1S/C25H31N5O3/c1-18-20(25(33)27-15-19-9-4-2-5-10-19)16-26-24(28-18)21-11-8-14-30(21)23(32)17-29-13-7-3-6-12-22(29)31/h2,4-5,9-10,16,21H,3,6-8,11-15,17H2,1H3,(H,27,33). The van der Waals surface area contributed by atoms with Crippen LogP contribution in [0.5, 0.6) is 0 Å². The van der Waals surface area contributed by atoms with Crippen molar-refractivity contribution in [3.8, 4) is 0 Å². The number of benzene rings is 1. The van der Waals surface area contributed by atoms with Crippen molar-refractivity contribution in [1.82, 2.24) is 25.1 Å². The predicted molar refractivity (Wildman–Crippen MR) is 123 cm³/mol. The number of hydrogen-bond acceptors (Lipinski definition) is 5. The smallest absolute Gasteiger partial charge is 0.254 e. The van der Waals surface area contributed by atoms with Crippen LogP contribution < -0.4 is 5.32 Å². The van der Waals surface area contributed by atoms with Gasteiger partial charge in [0.05, 0.1) is 23.8 Å². The van der Waals surface area contributed by atoms with Crippen LogP contribution in [-0.2, 0) is 16.1 Å². The first kappa shape index (κ1) is 22.9. The third-order valence-electron chi connectivity index (χ3n) is 6.41. The molecule has 1 N–H and O–H groups in total. The maximum Gasteiger partial charge on any atom is 0.254 e. The van der Waals surface area contributed by atoms with E-state index in [9.17, 15) is 14.4 Å². The van der Waals surface area contributed by atoms with E-state index < -0.39 is 0 Å². The second kappa shape index (κ2) is 10.6. The fraction of sp³-hybridized carbons (Fsp3) is 0.480. The molecule has 0 saturated carbocycles. The van der Waals surface area contributed by atoms with E-state index in [0.29, 0.717) is 43.1 Å². The zero-order chi connectivity index (χ0) is 23.2. The lowest BCUT2D eigenvalue weighted by Gasteiger charge is -2.27. The van der Waals surface area contributed by atoms with Crippen LogP contribution in [0.25, 0.3) is 0 Å². The Morgan fingerprint density at radius 1 is 1.09 bits per heavy atom. The summed E-state index contributed by atoms with van der Waals surface area (Å²) in [5.74, 6) is 0.343. The quantitative estimate of drug-likeness (QED) is 0.732.